The molecule has 0 aliphatic carbocycles. The Labute approximate surface area is 162 Å². The number of rotatable bonds is 8. The van der Waals surface area contributed by atoms with E-state index in [1.54, 1.807) is 36.0 Å². The summed E-state index contributed by atoms with van der Waals surface area (Å²) in [6, 6.07) is 18.9. The zero-order valence-electron chi connectivity index (χ0n) is 15.6. The molecule has 0 amide bonds. The van der Waals surface area contributed by atoms with E-state index in [4.69, 9.17) is 0 Å². The van der Waals surface area contributed by atoms with Crippen LogP contribution in [0.4, 0.5) is 0 Å². The Morgan fingerprint density at radius 3 is 2.12 bits per heavy atom. The van der Waals surface area contributed by atoms with Gasteiger partial charge in [0.1, 0.15) is 0 Å². The molecule has 0 fully saturated rings. The Balaban J connectivity index is 2.12. The summed E-state index contributed by atoms with van der Waals surface area (Å²) >= 11 is 1.75. The van der Waals surface area contributed by atoms with Gasteiger partial charge in [-0.2, -0.15) is 0 Å². The van der Waals surface area contributed by atoms with Gasteiger partial charge in [0.2, 0.25) is 0 Å². The van der Waals surface area contributed by atoms with Crippen molar-refractivity contribution in [3.63, 3.8) is 0 Å². The lowest BCUT2D eigenvalue weighted by Crippen LogP contribution is -2.20. The molecule has 0 bridgehead atoms. The Bertz CT molecular complexity index is 848. The van der Waals surface area contributed by atoms with Crippen molar-refractivity contribution in [3.8, 4) is 0 Å². The van der Waals surface area contributed by atoms with Gasteiger partial charge in [-0.15, -0.1) is 11.8 Å². The zero-order valence-corrected chi connectivity index (χ0v) is 17.2. The van der Waals surface area contributed by atoms with Crippen LogP contribution in [0.25, 0.3) is 0 Å². The average molecular weight is 387 g/mol. The number of thioether (sulfide) groups is 1. The number of hydrogen-bond acceptors (Lipinski definition) is 3. The molecule has 2 nitrogen and oxygen atoms in total. The Kier molecular flexibility index (Phi) is 7.73. The summed E-state index contributed by atoms with van der Waals surface area (Å²) < 4.78 is 26.0. The first-order valence-electron chi connectivity index (χ1n) is 8.67. The Morgan fingerprint density at radius 2 is 1.54 bits per heavy atom. The van der Waals surface area contributed by atoms with Gasteiger partial charge >= 0.3 is 0 Å². The van der Waals surface area contributed by atoms with Crippen LogP contribution in [0, 0.1) is 0 Å². The molecule has 0 aromatic heterocycles. The molecule has 2 aromatic rings. The monoisotopic (exact) mass is 386 g/mol. The molecule has 0 saturated carbocycles. The SMILES string of the molecule is CC(C)=CC(C/C(C)=C\CSc1ccccc1)S(=O)(=O)c1ccccc1. The van der Waals surface area contributed by atoms with Crippen molar-refractivity contribution >= 4 is 21.6 Å². The Morgan fingerprint density at radius 1 is 0.962 bits per heavy atom. The predicted molar refractivity (Wildman–Crippen MR) is 112 cm³/mol. The first-order valence-corrected chi connectivity index (χ1v) is 11.2. The van der Waals surface area contributed by atoms with Crippen LogP contribution in [0.1, 0.15) is 27.2 Å². The van der Waals surface area contributed by atoms with Crippen LogP contribution >= 0.6 is 11.8 Å². The lowest BCUT2D eigenvalue weighted by atomic mass is 10.1. The minimum Gasteiger partial charge on any atom is -0.223 e. The van der Waals surface area contributed by atoms with E-state index >= 15 is 0 Å². The van der Waals surface area contributed by atoms with Gasteiger partial charge in [-0.3, -0.25) is 0 Å². The van der Waals surface area contributed by atoms with E-state index in [1.165, 1.54) is 4.90 Å². The molecule has 1 unspecified atom stereocenters. The Hall–Kier alpha value is -1.78. The molecule has 2 aromatic carbocycles. The molecule has 0 radical (unpaired) electrons. The van der Waals surface area contributed by atoms with Crippen molar-refractivity contribution in [1.29, 1.82) is 0 Å². The summed E-state index contributed by atoms with van der Waals surface area (Å²) in [5.74, 6) is 0.836. The van der Waals surface area contributed by atoms with Crippen LogP contribution in [-0.4, -0.2) is 19.4 Å². The fourth-order valence-corrected chi connectivity index (χ4v) is 5.34. The van der Waals surface area contributed by atoms with Crippen molar-refractivity contribution in [1.82, 2.24) is 0 Å². The molecule has 0 spiro atoms. The second-order valence-corrected chi connectivity index (χ2v) is 9.78. The maximum absolute atomic E-state index is 13.0. The van der Waals surface area contributed by atoms with Crippen LogP contribution in [0.3, 0.4) is 0 Å². The van der Waals surface area contributed by atoms with Gasteiger partial charge < -0.3 is 0 Å². The lowest BCUT2D eigenvalue weighted by Gasteiger charge is -2.16. The molecule has 26 heavy (non-hydrogen) atoms. The third-order valence-corrected chi connectivity index (χ3v) is 6.91. The van der Waals surface area contributed by atoms with E-state index in [9.17, 15) is 8.42 Å². The predicted octanol–water partition coefficient (Wildman–Crippen LogP) is 5.92. The fraction of sp³-hybridized carbons (Fsp3) is 0.273. The van der Waals surface area contributed by atoms with E-state index < -0.39 is 15.1 Å². The summed E-state index contributed by atoms with van der Waals surface area (Å²) in [6.07, 6.45) is 4.51. The van der Waals surface area contributed by atoms with E-state index in [-0.39, 0.29) is 0 Å². The number of allylic oxidation sites excluding steroid dienone is 2. The van der Waals surface area contributed by atoms with E-state index in [0.29, 0.717) is 11.3 Å². The maximum atomic E-state index is 13.0. The normalized spacial score (nSPS) is 13.3. The number of sulfone groups is 1. The summed E-state index contributed by atoms with van der Waals surface area (Å²) in [4.78, 5) is 1.60. The molecular formula is C22H26O2S2. The van der Waals surface area contributed by atoms with Gasteiger partial charge in [0.05, 0.1) is 10.1 Å². The van der Waals surface area contributed by atoms with Crippen LogP contribution in [-0.2, 0) is 9.84 Å². The third-order valence-electron chi connectivity index (χ3n) is 3.94. The molecule has 2 rings (SSSR count). The second kappa shape index (κ2) is 9.79. The summed E-state index contributed by atoms with van der Waals surface area (Å²) in [5.41, 5.74) is 2.11. The van der Waals surface area contributed by atoms with Gasteiger partial charge in [0, 0.05) is 10.6 Å². The van der Waals surface area contributed by atoms with Gasteiger partial charge in [0.15, 0.2) is 9.84 Å². The molecule has 0 heterocycles. The van der Waals surface area contributed by atoms with Crippen molar-refractivity contribution in [2.45, 2.75) is 42.2 Å². The third kappa shape index (κ3) is 6.19. The first kappa shape index (κ1) is 20.5. The smallest absolute Gasteiger partial charge is 0.185 e. The zero-order chi connectivity index (χ0) is 19.0. The highest BCUT2D eigenvalue weighted by Crippen LogP contribution is 2.24. The molecule has 0 aliphatic heterocycles. The first-order chi connectivity index (χ1) is 12.4. The van der Waals surface area contributed by atoms with Gasteiger partial charge in [-0.25, -0.2) is 8.42 Å². The van der Waals surface area contributed by atoms with Crippen LogP contribution in [0.2, 0.25) is 0 Å². The standard InChI is InChI=1S/C22H26O2S2/c1-18(2)16-22(26(23,24)21-12-8-5-9-13-21)17-19(3)14-15-25-20-10-6-4-7-11-20/h4-14,16,22H,15,17H2,1-3H3/b19-14-. The molecule has 0 saturated heterocycles. The van der Waals surface area contributed by atoms with Crippen LogP contribution < -0.4 is 0 Å². The number of hydrogen-bond donors (Lipinski definition) is 0. The molecular weight excluding hydrogens is 360 g/mol. The van der Waals surface area contributed by atoms with Crippen molar-refractivity contribution < 1.29 is 8.42 Å². The second-order valence-electron chi connectivity index (χ2n) is 6.52. The molecule has 4 heteroatoms. The molecule has 1 atom stereocenters. The van der Waals surface area contributed by atoms with Crippen LogP contribution in [0.5, 0.6) is 0 Å². The van der Waals surface area contributed by atoms with Gasteiger partial charge in [-0.1, -0.05) is 59.7 Å². The van der Waals surface area contributed by atoms with Gasteiger partial charge in [-0.05, 0) is 51.5 Å². The molecule has 0 N–H and O–H groups in total. The van der Waals surface area contributed by atoms with E-state index in [1.807, 2.05) is 51.1 Å². The maximum Gasteiger partial charge on any atom is 0.185 e. The largest absolute Gasteiger partial charge is 0.223 e. The van der Waals surface area contributed by atoms with Crippen molar-refractivity contribution in [2.24, 2.45) is 0 Å². The number of benzene rings is 2. The molecule has 138 valence electrons. The topological polar surface area (TPSA) is 34.1 Å². The average Bonchev–Trinajstić information content (AvgIpc) is 2.62. The van der Waals surface area contributed by atoms with Crippen molar-refractivity contribution in [2.75, 3.05) is 5.75 Å². The van der Waals surface area contributed by atoms with Gasteiger partial charge in [0.25, 0.3) is 0 Å². The highest BCUT2D eigenvalue weighted by atomic mass is 32.2. The fourth-order valence-electron chi connectivity index (χ4n) is 2.61. The van der Waals surface area contributed by atoms with Crippen LogP contribution in [0.15, 0.2) is 93.8 Å². The minimum absolute atomic E-state index is 0.383. The quantitative estimate of drug-likeness (QED) is 0.417. The lowest BCUT2D eigenvalue weighted by molar-refractivity contribution is 0.587. The highest BCUT2D eigenvalue weighted by Gasteiger charge is 2.25. The minimum atomic E-state index is -3.39. The summed E-state index contributed by atoms with van der Waals surface area (Å²) in [6.45, 7) is 5.90. The van der Waals surface area contributed by atoms with Crippen molar-refractivity contribution in [3.05, 3.63) is 84.0 Å². The summed E-state index contributed by atoms with van der Waals surface area (Å²) in [5, 5.41) is -0.534. The van der Waals surface area contributed by atoms with E-state index in [0.717, 1.165) is 16.9 Å². The van der Waals surface area contributed by atoms with E-state index in [2.05, 4.69) is 18.2 Å². The highest BCUT2D eigenvalue weighted by molar-refractivity contribution is 7.99. The molecule has 0 aliphatic rings. The summed E-state index contributed by atoms with van der Waals surface area (Å²) in [7, 11) is -3.39.